The van der Waals surface area contributed by atoms with Gasteiger partial charge in [-0.2, -0.15) is 0 Å². The molecule has 6 atom stereocenters. The van der Waals surface area contributed by atoms with Gasteiger partial charge in [0.25, 0.3) is 0 Å². The molecule has 0 aliphatic rings. The van der Waals surface area contributed by atoms with E-state index in [2.05, 4.69) is 90.2 Å². The number of aliphatic hydroxyl groups is 1. The second kappa shape index (κ2) is 65.9. The minimum Gasteiger partial charge on any atom is -0.462 e. The number of phosphoric acid groups is 2. The Morgan fingerprint density at radius 2 is 0.628 bits per heavy atom. The molecule has 0 fully saturated rings. The third kappa shape index (κ3) is 66.3. The molecule has 550 valence electrons. The average Bonchev–Trinajstić information content (AvgIpc) is 1.98. The first kappa shape index (κ1) is 91.0. The number of unbranched alkanes of at least 4 members (excludes halogenated alkanes) is 33. The van der Waals surface area contributed by atoms with E-state index in [0.29, 0.717) is 31.6 Å². The number of phosphoric ester groups is 2. The van der Waals surface area contributed by atoms with Gasteiger partial charge in [0.2, 0.25) is 0 Å². The minimum atomic E-state index is -4.97. The Bertz CT molecular complexity index is 2010. The topological polar surface area (TPSA) is 237 Å². The summed E-state index contributed by atoms with van der Waals surface area (Å²) < 4.78 is 68.4. The summed E-state index contributed by atoms with van der Waals surface area (Å²) in [4.78, 5) is 72.7. The predicted molar refractivity (Wildman–Crippen MR) is 381 cm³/mol. The van der Waals surface area contributed by atoms with Gasteiger partial charge in [0, 0.05) is 25.7 Å². The molecule has 0 aromatic carbocycles. The molecule has 0 aromatic rings. The molecule has 94 heavy (non-hydrogen) atoms. The molecule has 17 nitrogen and oxygen atoms in total. The fourth-order valence-electron chi connectivity index (χ4n) is 10.4. The zero-order valence-corrected chi connectivity index (χ0v) is 62.0. The number of allylic oxidation sites excluding steroid dienone is 8. The van der Waals surface area contributed by atoms with E-state index in [9.17, 15) is 43.2 Å². The molecule has 0 bridgehead atoms. The fourth-order valence-corrected chi connectivity index (χ4v) is 11.9. The Morgan fingerprint density at radius 3 is 0.947 bits per heavy atom. The van der Waals surface area contributed by atoms with Crippen molar-refractivity contribution < 1.29 is 80.2 Å². The number of hydrogen-bond donors (Lipinski definition) is 3. The highest BCUT2D eigenvalue weighted by atomic mass is 31.2. The summed E-state index contributed by atoms with van der Waals surface area (Å²) >= 11 is 0. The maximum atomic E-state index is 13.1. The van der Waals surface area contributed by atoms with Gasteiger partial charge in [-0.15, -0.1) is 0 Å². The van der Waals surface area contributed by atoms with E-state index in [0.717, 1.165) is 134 Å². The average molecular weight is 1370 g/mol. The lowest BCUT2D eigenvalue weighted by Gasteiger charge is -2.21. The summed E-state index contributed by atoms with van der Waals surface area (Å²) in [5.74, 6) is -0.681. The van der Waals surface area contributed by atoms with Gasteiger partial charge in [-0.05, 0) is 88.9 Å². The Hall–Kier alpha value is -2.98. The molecule has 4 unspecified atom stereocenters. The molecule has 0 amide bonds. The zero-order chi connectivity index (χ0) is 69.3. The maximum Gasteiger partial charge on any atom is 0.472 e. The third-order valence-electron chi connectivity index (χ3n) is 16.6. The highest BCUT2D eigenvalue weighted by molar-refractivity contribution is 7.47. The van der Waals surface area contributed by atoms with Crippen molar-refractivity contribution >= 4 is 39.5 Å². The first-order chi connectivity index (χ1) is 45.4. The number of carbonyl (C=O) groups is 4. The predicted octanol–water partition coefficient (Wildman–Crippen LogP) is 21.0. The van der Waals surface area contributed by atoms with Crippen LogP contribution in [0.2, 0.25) is 0 Å². The number of ether oxygens (including phenoxy) is 4. The molecule has 0 aliphatic carbocycles. The van der Waals surface area contributed by atoms with Gasteiger partial charge in [0.05, 0.1) is 26.4 Å². The van der Waals surface area contributed by atoms with Crippen LogP contribution in [0.5, 0.6) is 0 Å². The second-order valence-corrected chi connectivity index (χ2v) is 29.3. The van der Waals surface area contributed by atoms with Crippen LogP contribution in [0.25, 0.3) is 0 Å². The molecule has 0 saturated carbocycles. The zero-order valence-electron chi connectivity index (χ0n) is 60.2. The molecule has 3 N–H and O–H groups in total. The first-order valence-electron chi connectivity index (χ1n) is 37.7. The van der Waals surface area contributed by atoms with E-state index in [1.165, 1.54) is 116 Å². The highest BCUT2D eigenvalue weighted by Gasteiger charge is 2.30. The van der Waals surface area contributed by atoms with Crippen molar-refractivity contribution in [1.82, 2.24) is 0 Å². The Balaban J connectivity index is 5.33. The fraction of sp³-hybridized carbons (Fsp3) is 0.840. The standard InChI is InChI=1S/C75H138O17P2/c1-7-10-12-14-16-18-20-22-24-26-28-33-39-45-51-57-72(77)85-63-70(91-75(80)60-54-48-41-35-31-30-32-38-44-50-56-68(6)9-3)65-89-93(81,82)87-61-69(76)62-88-94(83,84)90-66-71(64-86-73(78)58-52-46-42-36-37-43-49-55-67(4)5)92-74(79)59-53-47-40-34-29-27-25-23-21-19-17-15-13-11-8-2/h18-25,67-71,76H,7-17,26-66H2,1-6H3,(H,81,82)(H,83,84)/b20-18-,21-19-,24-22-,25-23-/t68?,69?,70-,71-/m1/s1. The van der Waals surface area contributed by atoms with E-state index in [1.54, 1.807) is 0 Å². The smallest absolute Gasteiger partial charge is 0.462 e. The van der Waals surface area contributed by atoms with Crippen LogP contribution >= 0.6 is 15.6 Å². The van der Waals surface area contributed by atoms with Crippen LogP contribution in [0.3, 0.4) is 0 Å². The Morgan fingerprint density at radius 1 is 0.351 bits per heavy atom. The van der Waals surface area contributed by atoms with Crippen molar-refractivity contribution in [3.8, 4) is 0 Å². The van der Waals surface area contributed by atoms with Crippen molar-refractivity contribution in [1.29, 1.82) is 0 Å². The van der Waals surface area contributed by atoms with Crippen LogP contribution in [-0.4, -0.2) is 96.7 Å². The molecular formula is C75H138O17P2. The lowest BCUT2D eigenvalue weighted by molar-refractivity contribution is -0.161. The molecule has 0 aromatic heterocycles. The number of hydrogen-bond acceptors (Lipinski definition) is 15. The van der Waals surface area contributed by atoms with Crippen LogP contribution < -0.4 is 0 Å². The van der Waals surface area contributed by atoms with Crippen LogP contribution in [0.15, 0.2) is 48.6 Å². The molecule has 0 radical (unpaired) electrons. The van der Waals surface area contributed by atoms with Gasteiger partial charge < -0.3 is 33.8 Å². The largest absolute Gasteiger partial charge is 0.472 e. The van der Waals surface area contributed by atoms with Gasteiger partial charge in [0.1, 0.15) is 19.3 Å². The summed E-state index contributed by atoms with van der Waals surface area (Å²) in [6.45, 7) is 9.41. The lowest BCUT2D eigenvalue weighted by atomic mass is 9.99. The quantitative estimate of drug-likeness (QED) is 0.0169. The first-order valence-corrected chi connectivity index (χ1v) is 40.7. The summed E-state index contributed by atoms with van der Waals surface area (Å²) in [5, 5.41) is 10.6. The Kier molecular flexibility index (Phi) is 63.8. The van der Waals surface area contributed by atoms with Gasteiger partial charge in [-0.1, -0.05) is 283 Å². The van der Waals surface area contributed by atoms with Crippen molar-refractivity contribution in [3.05, 3.63) is 48.6 Å². The van der Waals surface area contributed by atoms with E-state index < -0.39 is 97.5 Å². The van der Waals surface area contributed by atoms with Crippen molar-refractivity contribution in [2.24, 2.45) is 11.8 Å². The van der Waals surface area contributed by atoms with Gasteiger partial charge in [0.15, 0.2) is 12.2 Å². The van der Waals surface area contributed by atoms with Crippen LogP contribution in [0, 0.1) is 11.8 Å². The summed E-state index contributed by atoms with van der Waals surface area (Å²) in [7, 11) is -9.93. The van der Waals surface area contributed by atoms with Gasteiger partial charge in [-0.25, -0.2) is 9.13 Å². The lowest BCUT2D eigenvalue weighted by Crippen LogP contribution is -2.30. The van der Waals surface area contributed by atoms with E-state index >= 15 is 0 Å². The van der Waals surface area contributed by atoms with Crippen molar-refractivity contribution in [2.45, 2.75) is 355 Å². The van der Waals surface area contributed by atoms with Gasteiger partial charge >= 0.3 is 39.5 Å². The monoisotopic (exact) mass is 1370 g/mol. The molecule has 0 aliphatic heterocycles. The number of aliphatic hydroxyl groups excluding tert-OH is 1. The van der Waals surface area contributed by atoms with Crippen molar-refractivity contribution in [3.63, 3.8) is 0 Å². The van der Waals surface area contributed by atoms with Crippen LogP contribution in [0.1, 0.15) is 337 Å². The molecule has 19 heteroatoms. The molecule has 0 heterocycles. The van der Waals surface area contributed by atoms with Gasteiger partial charge in [-0.3, -0.25) is 37.3 Å². The second-order valence-electron chi connectivity index (χ2n) is 26.4. The molecular weight excluding hydrogens is 1230 g/mol. The third-order valence-corrected chi connectivity index (χ3v) is 18.5. The number of rotatable bonds is 70. The summed E-state index contributed by atoms with van der Waals surface area (Å²) in [6, 6.07) is 0. The summed E-state index contributed by atoms with van der Waals surface area (Å²) in [5.41, 5.74) is 0. The molecule has 0 spiro atoms. The highest BCUT2D eigenvalue weighted by Crippen LogP contribution is 2.45. The SMILES string of the molecule is CCCCCC/C=C\C=C/CCCCCCCC(=O)OC[C@H](COP(=O)(O)OCC(O)COP(=O)(O)OC[C@@H](COC(=O)CCCCCCCCCC(C)C)OC(=O)CCCCCCC/C=C\C=C/CCCCCC)OC(=O)CCCCCCCCCCCCC(C)CC. The van der Waals surface area contributed by atoms with Crippen LogP contribution in [-0.2, 0) is 65.4 Å². The van der Waals surface area contributed by atoms with Crippen LogP contribution in [0.4, 0.5) is 0 Å². The summed E-state index contributed by atoms with van der Waals surface area (Å²) in [6.07, 6.45) is 58.5. The van der Waals surface area contributed by atoms with Crippen molar-refractivity contribution in [2.75, 3.05) is 39.6 Å². The van der Waals surface area contributed by atoms with E-state index in [1.807, 2.05) is 0 Å². The number of esters is 4. The Labute approximate surface area is 572 Å². The van der Waals surface area contributed by atoms with E-state index in [4.69, 9.17) is 37.0 Å². The molecule has 0 rings (SSSR count). The maximum absolute atomic E-state index is 13.1. The molecule has 0 saturated heterocycles. The normalized spacial score (nSPS) is 14.7. The van der Waals surface area contributed by atoms with E-state index in [-0.39, 0.29) is 25.7 Å². The number of carbonyl (C=O) groups excluding carboxylic acids is 4. The minimum absolute atomic E-state index is 0.0817.